The largest absolute Gasteiger partial charge is 0.256 e. The average Bonchev–Trinajstić information content (AvgIpc) is 3.05. The number of benzene rings is 2. The van der Waals surface area contributed by atoms with Gasteiger partial charge in [-0.3, -0.25) is 4.98 Å². The number of hydrogen-bond acceptors (Lipinski definition) is 4. The number of pyridine rings is 1. The van der Waals surface area contributed by atoms with Gasteiger partial charge in [0.1, 0.15) is 5.69 Å². The Balaban J connectivity index is 1.88. The van der Waals surface area contributed by atoms with E-state index in [1.54, 1.807) is 0 Å². The smallest absolute Gasteiger partial charge is 0.113 e. The molecule has 0 N–H and O–H groups in total. The molecular formula is C17H11N3S. The van der Waals surface area contributed by atoms with E-state index in [4.69, 9.17) is 0 Å². The van der Waals surface area contributed by atoms with Gasteiger partial charge in [-0.1, -0.05) is 53.0 Å². The van der Waals surface area contributed by atoms with Crippen LogP contribution < -0.4 is 0 Å². The van der Waals surface area contributed by atoms with Gasteiger partial charge in [0.25, 0.3) is 0 Å². The van der Waals surface area contributed by atoms with Gasteiger partial charge < -0.3 is 0 Å². The van der Waals surface area contributed by atoms with E-state index in [1.807, 2.05) is 30.5 Å². The van der Waals surface area contributed by atoms with Crippen LogP contribution in [0.4, 0.5) is 0 Å². The van der Waals surface area contributed by atoms with Crippen LogP contribution in [0.15, 0.2) is 66.9 Å². The van der Waals surface area contributed by atoms with Crippen LogP contribution in [-0.2, 0) is 0 Å². The summed E-state index contributed by atoms with van der Waals surface area (Å²) in [6.45, 7) is 0. The summed E-state index contributed by atoms with van der Waals surface area (Å²) in [6.07, 6.45) is 1.81. The molecule has 0 aliphatic rings. The van der Waals surface area contributed by atoms with Gasteiger partial charge in [0.15, 0.2) is 0 Å². The summed E-state index contributed by atoms with van der Waals surface area (Å²) < 4.78 is 4.13. The maximum atomic E-state index is 4.41. The van der Waals surface area contributed by atoms with E-state index in [0.717, 1.165) is 32.6 Å². The van der Waals surface area contributed by atoms with Crippen molar-refractivity contribution in [2.75, 3.05) is 0 Å². The molecular weight excluding hydrogens is 278 g/mol. The number of aromatic nitrogens is 3. The Kier molecular flexibility index (Phi) is 2.94. The quantitative estimate of drug-likeness (QED) is 0.548. The van der Waals surface area contributed by atoms with E-state index in [9.17, 15) is 0 Å². The minimum atomic E-state index is 0.916. The highest BCUT2D eigenvalue weighted by Crippen LogP contribution is 2.33. The Hall–Kier alpha value is -2.59. The molecule has 21 heavy (non-hydrogen) atoms. The highest BCUT2D eigenvalue weighted by atomic mass is 32.1. The molecule has 3 nitrogen and oxygen atoms in total. The Labute approximate surface area is 126 Å². The second kappa shape index (κ2) is 5.07. The Bertz CT molecular complexity index is 900. The summed E-state index contributed by atoms with van der Waals surface area (Å²) in [6, 6.07) is 20.5. The van der Waals surface area contributed by atoms with Crippen molar-refractivity contribution in [3.63, 3.8) is 0 Å². The third-order valence-corrected chi connectivity index (χ3v) is 4.18. The zero-order valence-electron chi connectivity index (χ0n) is 11.1. The Morgan fingerprint density at radius 3 is 2.62 bits per heavy atom. The van der Waals surface area contributed by atoms with Crippen LogP contribution >= 0.6 is 11.5 Å². The molecule has 0 spiro atoms. The van der Waals surface area contributed by atoms with Gasteiger partial charge in [-0.2, -0.15) is 0 Å². The molecule has 0 atom stereocenters. The molecule has 4 heteroatoms. The molecule has 0 saturated heterocycles. The van der Waals surface area contributed by atoms with Crippen LogP contribution in [0.2, 0.25) is 0 Å². The average molecular weight is 289 g/mol. The molecule has 0 saturated carbocycles. The van der Waals surface area contributed by atoms with Crippen molar-refractivity contribution in [3.05, 3.63) is 66.9 Å². The van der Waals surface area contributed by atoms with Gasteiger partial charge in [-0.05, 0) is 29.2 Å². The first-order chi connectivity index (χ1) is 10.4. The summed E-state index contributed by atoms with van der Waals surface area (Å²) in [5, 5.41) is 5.44. The maximum absolute atomic E-state index is 4.41. The van der Waals surface area contributed by atoms with Crippen LogP contribution in [0.3, 0.4) is 0 Å². The van der Waals surface area contributed by atoms with Crippen LogP contribution in [0.1, 0.15) is 0 Å². The second-order valence-corrected chi connectivity index (χ2v) is 5.48. The third kappa shape index (κ3) is 2.19. The first-order valence-corrected chi connectivity index (χ1v) is 7.42. The van der Waals surface area contributed by atoms with Crippen LogP contribution in [0.5, 0.6) is 0 Å². The molecule has 0 fully saturated rings. The van der Waals surface area contributed by atoms with E-state index < -0.39 is 0 Å². The van der Waals surface area contributed by atoms with E-state index in [1.165, 1.54) is 11.5 Å². The highest BCUT2D eigenvalue weighted by molar-refractivity contribution is 7.09. The van der Waals surface area contributed by atoms with Crippen molar-refractivity contribution in [3.8, 4) is 21.7 Å². The predicted octanol–water partition coefficient (Wildman–Crippen LogP) is 4.42. The van der Waals surface area contributed by atoms with Crippen molar-refractivity contribution in [2.24, 2.45) is 0 Å². The van der Waals surface area contributed by atoms with Crippen molar-refractivity contribution in [1.29, 1.82) is 0 Å². The van der Waals surface area contributed by atoms with E-state index in [0.29, 0.717) is 0 Å². The van der Waals surface area contributed by atoms with Crippen LogP contribution in [0, 0.1) is 0 Å². The molecule has 2 aromatic carbocycles. The van der Waals surface area contributed by atoms with Crippen molar-refractivity contribution >= 4 is 22.4 Å². The van der Waals surface area contributed by atoms with Gasteiger partial charge in [0.2, 0.25) is 0 Å². The summed E-state index contributed by atoms with van der Waals surface area (Å²) in [4.78, 5) is 5.50. The maximum Gasteiger partial charge on any atom is 0.113 e. The van der Waals surface area contributed by atoms with Crippen molar-refractivity contribution < 1.29 is 0 Å². The lowest BCUT2D eigenvalue weighted by atomic mass is 10.1. The van der Waals surface area contributed by atoms with Gasteiger partial charge in [0.05, 0.1) is 10.4 Å². The molecule has 0 amide bonds. The fraction of sp³-hybridized carbons (Fsp3) is 0. The number of hydrogen-bond donors (Lipinski definition) is 0. The molecule has 0 bridgehead atoms. The topological polar surface area (TPSA) is 38.7 Å². The van der Waals surface area contributed by atoms with Gasteiger partial charge >= 0.3 is 0 Å². The normalized spacial score (nSPS) is 10.9. The van der Waals surface area contributed by atoms with Crippen molar-refractivity contribution in [1.82, 2.24) is 14.6 Å². The Morgan fingerprint density at radius 2 is 1.71 bits per heavy atom. The Morgan fingerprint density at radius 1 is 0.810 bits per heavy atom. The monoisotopic (exact) mass is 289 g/mol. The van der Waals surface area contributed by atoms with E-state index in [2.05, 4.69) is 51.0 Å². The third-order valence-electron chi connectivity index (χ3n) is 3.40. The predicted molar refractivity (Wildman–Crippen MR) is 86.1 cm³/mol. The molecule has 100 valence electrons. The standard InChI is InChI=1S/C17H11N3S/c1-2-5-13(6-3-1)17-16(19-20-21-17)14-9-8-12-7-4-10-18-15(12)11-14/h1-11H. The number of rotatable bonds is 2. The molecule has 2 heterocycles. The van der Waals surface area contributed by atoms with Gasteiger partial charge in [-0.25, -0.2) is 0 Å². The number of fused-ring (bicyclic) bond motifs is 1. The van der Waals surface area contributed by atoms with Crippen LogP contribution in [0.25, 0.3) is 32.6 Å². The molecule has 0 aliphatic carbocycles. The summed E-state index contributed by atoms with van der Waals surface area (Å²) in [5.74, 6) is 0. The summed E-state index contributed by atoms with van der Waals surface area (Å²) in [5.41, 5.74) is 4.08. The lowest BCUT2D eigenvalue weighted by molar-refractivity contribution is 1.16. The highest BCUT2D eigenvalue weighted by Gasteiger charge is 2.12. The molecule has 4 aromatic rings. The zero-order valence-corrected chi connectivity index (χ0v) is 11.9. The van der Waals surface area contributed by atoms with Gasteiger partial charge in [-0.15, -0.1) is 5.10 Å². The second-order valence-electron chi connectivity index (χ2n) is 4.73. The van der Waals surface area contributed by atoms with Gasteiger partial charge in [0, 0.05) is 17.1 Å². The first kappa shape index (κ1) is 12.2. The molecule has 0 unspecified atom stereocenters. The van der Waals surface area contributed by atoms with Crippen LogP contribution in [-0.4, -0.2) is 14.6 Å². The lowest BCUT2D eigenvalue weighted by Gasteiger charge is -2.03. The minimum Gasteiger partial charge on any atom is -0.256 e. The van der Waals surface area contributed by atoms with E-state index >= 15 is 0 Å². The van der Waals surface area contributed by atoms with E-state index in [-0.39, 0.29) is 0 Å². The molecule has 0 radical (unpaired) electrons. The fourth-order valence-electron chi connectivity index (χ4n) is 2.37. The number of nitrogens with zero attached hydrogens (tertiary/aromatic N) is 3. The van der Waals surface area contributed by atoms with Crippen molar-refractivity contribution in [2.45, 2.75) is 0 Å². The molecule has 4 rings (SSSR count). The lowest BCUT2D eigenvalue weighted by Crippen LogP contribution is -1.84. The SMILES string of the molecule is c1ccc(-c2snnc2-c2ccc3cccnc3c2)cc1. The minimum absolute atomic E-state index is 0.916. The fourth-order valence-corrected chi connectivity index (χ4v) is 3.06. The molecule has 0 aliphatic heterocycles. The summed E-state index contributed by atoms with van der Waals surface area (Å²) in [7, 11) is 0. The summed E-state index contributed by atoms with van der Waals surface area (Å²) >= 11 is 1.42. The molecule has 2 aromatic heterocycles. The first-order valence-electron chi connectivity index (χ1n) is 6.65. The zero-order chi connectivity index (χ0) is 14.1.